The molecule has 70 valence electrons. The Labute approximate surface area is 79.5 Å². The monoisotopic (exact) mass is 176 g/mol. The average Bonchev–Trinajstić information content (AvgIpc) is 2.89. The van der Waals surface area contributed by atoms with E-state index in [9.17, 15) is 0 Å². The molecule has 0 saturated heterocycles. The molecule has 0 amide bonds. The van der Waals surface area contributed by atoms with Gasteiger partial charge in [0.05, 0.1) is 0 Å². The summed E-state index contributed by atoms with van der Waals surface area (Å²) in [5, 5.41) is 0. The fourth-order valence-electron chi connectivity index (χ4n) is 1.69. The first kappa shape index (κ1) is 8.67. The third-order valence-electron chi connectivity index (χ3n) is 2.95. The highest BCUT2D eigenvalue weighted by molar-refractivity contribution is 5.83. The van der Waals surface area contributed by atoms with E-state index in [0.29, 0.717) is 0 Å². The Morgan fingerprint density at radius 3 is 3.15 bits per heavy atom. The second kappa shape index (κ2) is 3.09. The lowest BCUT2D eigenvalue weighted by Crippen LogP contribution is -1.99. The average molecular weight is 176 g/mol. The van der Waals surface area contributed by atoms with E-state index in [-0.39, 0.29) is 0 Å². The zero-order valence-electron chi connectivity index (χ0n) is 8.54. The number of fused-ring (bicyclic) bond motifs is 1. The molecule has 1 aliphatic carbocycles. The summed E-state index contributed by atoms with van der Waals surface area (Å²) in [6.45, 7) is 6.36. The molecule has 2 unspecified atom stereocenters. The zero-order valence-corrected chi connectivity index (χ0v) is 8.54. The molecule has 0 radical (unpaired) electrons. The van der Waals surface area contributed by atoms with Crippen LogP contribution in [0.25, 0.3) is 0 Å². The highest BCUT2D eigenvalue weighted by atomic mass is 15.0. The first-order valence-corrected chi connectivity index (χ1v) is 5.01. The van der Waals surface area contributed by atoms with Crippen molar-refractivity contribution in [2.45, 2.75) is 33.6 Å². The molecule has 0 spiro atoms. The molecule has 0 N–H and O–H groups in total. The SMILES string of the molecule is CC/C(C)=N\C1=C(C)C2CC2C=N1. The van der Waals surface area contributed by atoms with Gasteiger partial charge in [-0.05, 0) is 38.2 Å². The van der Waals surface area contributed by atoms with E-state index in [0.717, 1.165) is 24.1 Å². The van der Waals surface area contributed by atoms with Gasteiger partial charge in [0.1, 0.15) is 0 Å². The van der Waals surface area contributed by atoms with Crippen LogP contribution in [0, 0.1) is 11.8 Å². The van der Waals surface area contributed by atoms with Crippen LogP contribution in [-0.2, 0) is 0 Å². The predicted octanol–water partition coefficient (Wildman–Crippen LogP) is 2.81. The molecule has 2 atom stereocenters. The van der Waals surface area contributed by atoms with Gasteiger partial charge in [-0.15, -0.1) is 0 Å². The number of hydrogen-bond donors (Lipinski definition) is 0. The Morgan fingerprint density at radius 1 is 1.69 bits per heavy atom. The number of hydrogen-bond acceptors (Lipinski definition) is 2. The van der Waals surface area contributed by atoms with Crippen LogP contribution >= 0.6 is 0 Å². The molecule has 13 heavy (non-hydrogen) atoms. The Hall–Kier alpha value is -0.920. The van der Waals surface area contributed by atoms with Gasteiger partial charge < -0.3 is 0 Å². The maximum absolute atomic E-state index is 4.51. The van der Waals surface area contributed by atoms with Crippen LogP contribution in [0.5, 0.6) is 0 Å². The highest BCUT2D eigenvalue weighted by Crippen LogP contribution is 2.46. The van der Waals surface area contributed by atoms with Crippen LogP contribution < -0.4 is 0 Å². The van der Waals surface area contributed by atoms with Crippen LogP contribution in [0.2, 0.25) is 0 Å². The van der Waals surface area contributed by atoms with Crippen LogP contribution in [-0.4, -0.2) is 11.9 Å². The molecule has 2 rings (SSSR count). The molecule has 1 saturated carbocycles. The normalized spacial score (nSPS) is 32.1. The molecule has 0 aromatic carbocycles. The Kier molecular flexibility index (Phi) is 2.06. The summed E-state index contributed by atoms with van der Waals surface area (Å²) in [4.78, 5) is 8.90. The number of aliphatic imine (C=N–C) groups is 2. The van der Waals surface area contributed by atoms with Gasteiger partial charge in [0.15, 0.2) is 5.82 Å². The smallest absolute Gasteiger partial charge is 0.150 e. The largest absolute Gasteiger partial charge is 0.241 e. The van der Waals surface area contributed by atoms with Crippen molar-refractivity contribution >= 4 is 11.9 Å². The van der Waals surface area contributed by atoms with Crippen molar-refractivity contribution in [1.29, 1.82) is 0 Å². The van der Waals surface area contributed by atoms with Crippen LogP contribution in [0.4, 0.5) is 0 Å². The third-order valence-corrected chi connectivity index (χ3v) is 2.95. The predicted molar refractivity (Wildman–Crippen MR) is 56.2 cm³/mol. The van der Waals surface area contributed by atoms with Crippen molar-refractivity contribution in [1.82, 2.24) is 0 Å². The summed E-state index contributed by atoms with van der Waals surface area (Å²) in [6.07, 6.45) is 4.37. The van der Waals surface area contributed by atoms with Crippen molar-refractivity contribution in [3.05, 3.63) is 11.4 Å². The minimum atomic E-state index is 0.737. The standard InChI is InChI=1S/C11H16N2/c1-4-7(2)13-11-8(3)10-5-9(10)6-12-11/h6,9-10H,4-5H2,1-3H3/b13-7-. The van der Waals surface area contributed by atoms with Gasteiger partial charge in [0.25, 0.3) is 0 Å². The Bertz CT molecular complexity index is 310. The number of allylic oxidation sites excluding steroid dienone is 1. The van der Waals surface area contributed by atoms with Gasteiger partial charge in [-0.1, -0.05) is 6.92 Å². The van der Waals surface area contributed by atoms with E-state index in [2.05, 4.69) is 37.0 Å². The summed E-state index contributed by atoms with van der Waals surface area (Å²) < 4.78 is 0. The molecule has 2 nitrogen and oxygen atoms in total. The van der Waals surface area contributed by atoms with Crippen molar-refractivity contribution in [3.63, 3.8) is 0 Å². The van der Waals surface area contributed by atoms with Gasteiger partial charge in [0, 0.05) is 17.8 Å². The molecule has 1 fully saturated rings. The maximum Gasteiger partial charge on any atom is 0.150 e. The topological polar surface area (TPSA) is 24.7 Å². The third kappa shape index (κ3) is 1.58. The number of nitrogens with zero attached hydrogens (tertiary/aromatic N) is 2. The van der Waals surface area contributed by atoms with E-state index in [1.807, 2.05) is 0 Å². The molecule has 0 bridgehead atoms. The first-order valence-electron chi connectivity index (χ1n) is 5.01. The van der Waals surface area contributed by atoms with E-state index in [1.165, 1.54) is 17.7 Å². The van der Waals surface area contributed by atoms with Gasteiger partial charge in [0.2, 0.25) is 0 Å². The lowest BCUT2D eigenvalue weighted by atomic mass is 10.1. The fourth-order valence-corrected chi connectivity index (χ4v) is 1.69. The van der Waals surface area contributed by atoms with Gasteiger partial charge in [-0.3, -0.25) is 0 Å². The second-order valence-corrected chi connectivity index (χ2v) is 3.99. The van der Waals surface area contributed by atoms with Crippen molar-refractivity contribution in [2.75, 3.05) is 0 Å². The summed E-state index contributed by atoms with van der Waals surface area (Å²) >= 11 is 0. The van der Waals surface area contributed by atoms with E-state index in [4.69, 9.17) is 0 Å². The molecule has 0 aromatic heterocycles. The minimum Gasteiger partial charge on any atom is -0.241 e. The molecule has 0 aromatic rings. The van der Waals surface area contributed by atoms with Gasteiger partial charge >= 0.3 is 0 Å². The molecule has 1 aliphatic heterocycles. The van der Waals surface area contributed by atoms with Gasteiger partial charge in [-0.25, -0.2) is 9.98 Å². The van der Waals surface area contributed by atoms with Gasteiger partial charge in [-0.2, -0.15) is 0 Å². The molecular weight excluding hydrogens is 160 g/mol. The Morgan fingerprint density at radius 2 is 2.46 bits per heavy atom. The molecule has 2 heteroatoms. The zero-order chi connectivity index (χ0) is 9.42. The summed E-state index contributed by atoms with van der Waals surface area (Å²) in [7, 11) is 0. The summed E-state index contributed by atoms with van der Waals surface area (Å²) in [5.74, 6) is 2.47. The van der Waals surface area contributed by atoms with Crippen LogP contribution in [0.3, 0.4) is 0 Å². The first-order chi connectivity index (χ1) is 6.22. The van der Waals surface area contributed by atoms with Crippen molar-refractivity contribution in [2.24, 2.45) is 21.8 Å². The van der Waals surface area contributed by atoms with Crippen LogP contribution in [0.15, 0.2) is 21.4 Å². The highest BCUT2D eigenvalue weighted by Gasteiger charge is 2.40. The summed E-state index contributed by atoms with van der Waals surface area (Å²) in [5.41, 5.74) is 2.56. The van der Waals surface area contributed by atoms with Crippen molar-refractivity contribution in [3.8, 4) is 0 Å². The molecule has 2 aliphatic rings. The minimum absolute atomic E-state index is 0.737. The maximum atomic E-state index is 4.51. The van der Waals surface area contributed by atoms with E-state index < -0.39 is 0 Å². The second-order valence-electron chi connectivity index (χ2n) is 3.99. The Balaban J connectivity index is 2.23. The van der Waals surface area contributed by atoms with E-state index >= 15 is 0 Å². The summed E-state index contributed by atoms with van der Waals surface area (Å²) in [6, 6.07) is 0. The molecule has 1 heterocycles. The van der Waals surface area contributed by atoms with E-state index in [1.54, 1.807) is 0 Å². The van der Waals surface area contributed by atoms with Crippen molar-refractivity contribution < 1.29 is 0 Å². The molecular formula is C11H16N2. The van der Waals surface area contributed by atoms with Crippen LogP contribution in [0.1, 0.15) is 33.6 Å². The lowest BCUT2D eigenvalue weighted by Gasteiger charge is -2.07. The number of rotatable bonds is 2. The quantitative estimate of drug-likeness (QED) is 0.578. The lowest BCUT2D eigenvalue weighted by molar-refractivity contribution is 0.893. The fraction of sp³-hybridized carbons (Fsp3) is 0.636.